The Hall–Kier alpha value is -0.980. The summed E-state index contributed by atoms with van der Waals surface area (Å²) in [5.74, 6) is 0. The van der Waals surface area contributed by atoms with Gasteiger partial charge in [-0.2, -0.15) is 8.75 Å². The van der Waals surface area contributed by atoms with Crippen LogP contribution in [0.25, 0.3) is 11.3 Å². The molecule has 0 saturated heterocycles. The molecule has 0 N–H and O–H groups in total. The van der Waals surface area contributed by atoms with Gasteiger partial charge in [0.25, 0.3) is 0 Å². The molecule has 84 valence electrons. The molecule has 0 fully saturated rings. The molecule has 0 spiro atoms. The molecule has 0 aliphatic rings. The predicted molar refractivity (Wildman–Crippen MR) is 63.5 cm³/mol. The molecule has 1 aromatic carbocycles. The highest BCUT2D eigenvalue weighted by molar-refractivity contribution is 7.90. The molecule has 2 rings (SSSR count). The second kappa shape index (κ2) is 4.12. The normalized spacial score (nSPS) is 11.6. The van der Waals surface area contributed by atoms with Crippen LogP contribution in [-0.2, 0) is 9.84 Å². The van der Waals surface area contributed by atoms with Gasteiger partial charge in [0.15, 0.2) is 15.0 Å². The van der Waals surface area contributed by atoms with Crippen molar-refractivity contribution in [1.29, 1.82) is 0 Å². The van der Waals surface area contributed by atoms with E-state index in [0.717, 1.165) is 17.3 Å². The molecular weight excluding hydrogens is 268 g/mol. The number of nitrogens with zero attached hydrogens (tertiary/aromatic N) is 2. The summed E-state index contributed by atoms with van der Waals surface area (Å²) in [7, 11) is -3.16. The summed E-state index contributed by atoms with van der Waals surface area (Å²) in [6, 6.07) is 6.39. The minimum atomic E-state index is -3.16. The minimum Gasteiger partial charge on any atom is -0.224 e. The van der Waals surface area contributed by atoms with Crippen molar-refractivity contribution < 1.29 is 8.42 Å². The summed E-state index contributed by atoms with van der Waals surface area (Å²) in [6.45, 7) is 0. The summed E-state index contributed by atoms with van der Waals surface area (Å²) < 4.78 is 30.4. The zero-order valence-corrected chi connectivity index (χ0v) is 10.6. The van der Waals surface area contributed by atoms with Crippen molar-refractivity contribution in [2.24, 2.45) is 0 Å². The first-order chi connectivity index (χ1) is 7.48. The summed E-state index contributed by atoms with van der Waals surface area (Å²) in [4.78, 5) is 0.274. The molecule has 0 amide bonds. The van der Waals surface area contributed by atoms with E-state index in [1.165, 1.54) is 18.4 Å². The molecule has 0 radical (unpaired) electrons. The molecule has 16 heavy (non-hydrogen) atoms. The van der Waals surface area contributed by atoms with E-state index in [0.29, 0.717) is 10.8 Å². The van der Waals surface area contributed by atoms with Crippen molar-refractivity contribution in [3.05, 3.63) is 29.4 Å². The van der Waals surface area contributed by atoms with E-state index >= 15 is 0 Å². The lowest BCUT2D eigenvalue weighted by atomic mass is 10.2. The lowest BCUT2D eigenvalue weighted by Gasteiger charge is -2.00. The fourth-order valence-corrected chi connectivity index (χ4v) is 2.61. The van der Waals surface area contributed by atoms with Gasteiger partial charge in [-0.1, -0.05) is 23.7 Å². The van der Waals surface area contributed by atoms with E-state index < -0.39 is 9.84 Å². The van der Waals surface area contributed by atoms with Crippen LogP contribution in [0, 0.1) is 0 Å². The van der Waals surface area contributed by atoms with Gasteiger partial charge in [-0.15, -0.1) is 0 Å². The minimum absolute atomic E-state index is 0.274. The van der Waals surface area contributed by atoms with Gasteiger partial charge in [0, 0.05) is 11.8 Å². The Morgan fingerprint density at radius 3 is 2.25 bits per heavy atom. The number of sulfone groups is 1. The van der Waals surface area contributed by atoms with Crippen LogP contribution in [0.4, 0.5) is 0 Å². The van der Waals surface area contributed by atoms with Gasteiger partial charge in [0.2, 0.25) is 0 Å². The fourth-order valence-electron chi connectivity index (χ4n) is 1.21. The maximum Gasteiger partial charge on any atom is 0.175 e. The van der Waals surface area contributed by atoms with E-state index in [9.17, 15) is 8.42 Å². The van der Waals surface area contributed by atoms with Crippen LogP contribution in [0.3, 0.4) is 0 Å². The van der Waals surface area contributed by atoms with Crippen LogP contribution in [0.15, 0.2) is 29.2 Å². The van der Waals surface area contributed by atoms with E-state index in [-0.39, 0.29) is 4.90 Å². The van der Waals surface area contributed by atoms with Gasteiger partial charge >= 0.3 is 0 Å². The van der Waals surface area contributed by atoms with Crippen LogP contribution in [0.2, 0.25) is 5.15 Å². The number of hydrogen-bond acceptors (Lipinski definition) is 5. The average molecular weight is 275 g/mol. The molecule has 0 atom stereocenters. The first-order valence-corrected chi connectivity index (χ1v) is 7.27. The molecule has 4 nitrogen and oxygen atoms in total. The third kappa shape index (κ3) is 2.23. The van der Waals surface area contributed by atoms with Crippen molar-refractivity contribution in [3.63, 3.8) is 0 Å². The summed E-state index contributed by atoms with van der Waals surface area (Å²) in [6.07, 6.45) is 1.17. The smallest absolute Gasteiger partial charge is 0.175 e. The Morgan fingerprint density at radius 2 is 1.81 bits per heavy atom. The Labute approximate surface area is 102 Å². The maximum atomic E-state index is 11.2. The molecule has 0 unspecified atom stereocenters. The largest absolute Gasteiger partial charge is 0.224 e. The first kappa shape index (κ1) is 11.5. The quantitative estimate of drug-likeness (QED) is 0.843. The number of rotatable bonds is 2. The highest BCUT2D eigenvalue weighted by Crippen LogP contribution is 2.26. The zero-order chi connectivity index (χ0) is 11.8. The van der Waals surface area contributed by atoms with Crippen LogP contribution in [0.5, 0.6) is 0 Å². The molecule has 2 aromatic rings. The summed E-state index contributed by atoms with van der Waals surface area (Å²) >= 11 is 6.84. The fraction of sp³-hybridized carbons (Fsp3) is 0.111. The molecule has 0 saturated carbocycles. The SMILES string of the molecule is CS(=O)(=O)c1ccc(-c2nsnc2Cl)cc1. The third-order valence-electron chi connectivity index (χ3n) is 2.00. The van der Waals surface area contributed by atoms with Gasteiger partial charge in [-0.05, 0) is 12.1 Å². The van der Waals surface area contributed by atoms with Crippen LogP contribution < -0.4 is 0 Å². The Morgan fingerprint density at radius 1 is 1.19 bits per heavy atom. The van der Waals surface area contributed by atoms with Gasteiger partial charge in [0.1, 0.15) is 5.69 Å². The zero-order valence-electron chi connectivity index (χ0n) is 8.21. The average Bonchev–Trinajstić information content (AvgIpc) is 2.63. The molecule has 7 heteroatoms. The van der Waals surface area contributed by atoms with Crippen LogP contribution >= 0.6 is 23.3 Å². The number of hydrogen-bond donors (Lipinski definition) is 0. The van der Waals surface area contributed by atoms with Crippen molar-refractivity contribution in [1.82, 2.24) is 8.75 Å². The lowest BCUT2D eigenvalue weighted by Crippen LogP contribution is -1.96. The lowest BCUT2D eigenvalue weighted by molar-refractivity contribution is 0.602. The number of aromatic nitrogens is 2. The number of halogens is 1. The molecule has 0 bridgehead atoms. The Balaban J connectivity index is 2.45. The van der Waals surface area contributed by atoms with E-state index in [2.05, 4.69) is 8.75 Å². The molecular formula is C9H7ClN2O2S2. The van der Waals surface area contributed by atoms with Gasteiger partial charge in [-0.3, -0.25) is 0 Å². The highest BCUT2D eigenvalue weighted by atomic mass is 35.5. The Kier molecular flexibility index (Phi) is 2.96. The van der Waals surface area contributed by atoms with Gasteiger partial charge in [-0.25, -0.2) is 8.42 Å². The molecule has 0 aliphatic heterocycles. The maximum absolute atomic E-state index is 11.2. The monoisotopic (exact) mass is 274 g/mol. The number of benzene rings is 1. The van der Waals surface area contributed by atoms with E-state index in [1.807, 2.05) is 0 Å². The molecule has 1 aromatic heterocycles. The molecule has 0 aliphatic carbocycles. The van der Waals surface area contributed by atoms with Gasteiger partial charge < -0.3 is 0 Å². The summed E-state index contributed by atoms with van der Waals surface area (Å²) in [5.41, 5.74) is 1.33. The second-order valence-electron chi connectivity index (χ2n) is 3.20. The van der Waals surface area contributed by atoms with Crippen LogP contribution in [-0.4, -0.2) is 23.4 Å². The first-order valence-electron chi connectivity index (χ1n) is 4.27. The Bertz CT molecular complexity index is 605. The second-order valence-corrected chi connectivity index (χ2v) is 6.10. The van der Waals surface area contributed by atoms with Crippen LogP contribution in [0.1, 0.15) is 0 Å². The standard InChI is InChI=1S/C9H7ClN2O2S2/c1-16(13,14)7-4-2-6(3-5-7)8-9(10)12-15-11-8/h2-5H,1H3. The summed E-state index contributed by atoms with van der Waals surface area (Å²) in [5, 5.41) is 0.331. The third-order valence-corrected chi connectivity index (χ3v) is 4.03. The van der Waals surface area contributed by atoms with E-state index in [1.54, 1.807) is 12.1 Å². The van der Waals surface area contributed by atoms with Crippen molar-refractivity contribution >= 4 is 33.2 Å². The van der Waals surface area contributed by atoms with Gasteiger partial charge in [0.05, 0.1) is 16.6 Å². The van der Waals surface area contributed by atoms with Crippen molar-refractivity contribution in [3.8, 4) is 11.3 Å². The predicted octanol–water partition coefficient (Wildman–Crippen LogP) is 2.26. The van der Waals surface area contributed by atoms with E-state index in [4.69, 9.17) is 11.6 Å². The van der Waals surface area contributed by atoms with Crippen molar-refractivity contribution in [2.75, 3.05) is 6.26 Å². The van der Waals surface area contributed by atoms with Crippen molar-refractivity contribution in [2.45, 2.75) is 4.90 Å². The highest BCUT2D eigenvalue weighted by Gasteiger charge is 2.10. The topological polar surface area (TPSA) is 59.9 Å². The molecule has 1 heterocycles.